The molecule has 39 heavy (non-hydrogen) atoms. The van der Waals surface area contributed by atoms with Crippen LogP contribution in [0.15, 0.2) is 89.1 Å². The van der Waals surface area contributed by atoms with Gasteiger partial charge in [-0.15, -0.1) is 10.2 Å². The Morgan fingerprint density at radius 1 is 0.923 bits per heavy atom. The highest BCUT2D eigenvalue weighted by molar-refractivity contribution is 7.99. The first-order valence-corrected chi connectivity index (χ1v) is 13.7. The third-order valence-electron chi connectivity index (χ3n) is 5.88. The maximum Gasteiger partial charge on any atom is 0.250 e. The van der Waals surface area contributed by atoms with Gasteiger partial charge in [-0.2, -0.15) is 10.2 Å². The highest BCUT2D eigenvalue weighted by Gasteiger charge is 2.18. The van der Waals surface area contributed by atoms with E-state index < -0.39 is 0 Å². The molecule has 0 fully saturated rings. The minimum atomic E-state index is -0.277. The van der Waals surface area contributed by atoms with Crippen molar-refractivity contribution in [2.24, 2.45) is 5.10 Å². The van der Waals surface area contributed by atoms with Gasteiger partial charge in [0.1, 0.15) is 0 Å². The van der Waals surface area contributed by atoms with Crippen LogP contribution in [-0.4, -0.2) is 42.4 Å². The van der Waals surface area contributed by atoms with Crippen LogP contribution in [0.1, 0.15) is 17.0 Å². The van der Waals surface area contributed by atoms with Crippen molar-refractivity contribution in [2.45, 2.75) is 19.0 Å². The van der Waals surface area contributed by atoms with E-state index in [2.05, 4.69) is 25.8 Å². The molecule has 5 rings (SSSR count). The summed E-state index contributed by atoms with van der Waals surface area (Å²) in [6.07, 6.45) is 1.62. The summed E-state index contributed by atoms with van der Waals surface area (Å²) in [6.45, 7) is 3.88. The van der Waals surface area contributed by atoms with Crippen molar-refractivity contribution in [2.75, 3.05) is 5.75 Å². The second-order valence-electron chi connectivity index (χ2n) is 8.54. The highest BCUT2D eigenvalue weighted by Crippen LogP contribution is 2.29. The number of nitrogens with zero attached hydrogens (tertiary/aromatic N) is 6. The van der Waals surface area contributed by atoms with Crippen molar-refractivity contribution in [3.05, 3.63) is 106 Å². The SMILES string of the molecule is Cc1nn(-c2ccccc2)c(C)c1/C=N/NC(=O)CSc1nnc(-c2ccc(Cl)cc2)n1-c1ccc(Cl)cc1. The minimum absolute atomic E-state index is 0.0882. The summed E-state index contributed by atoms with van der Waals surface area (Å²) in [5.41, 5.74) is 7.80. The Kier molecular flexibility index (Phi) is 8.11. The molecule has 2 heterocycles. The Labute approximate surface area is 239 Å². The normalized spacial score (nSPS) is 11.3. The van der Waals surface area contributed by atoms with Gasteiger partial charge in [-0.3, -0.25) is 9.36 Å². The van der Waals surface area contributed by atoms with Crippen LogP contribution in [0.25, 0.3) is 22.8 Å². The maximum absolute atomic E-state index is 12.7. The molecule has 5 aromatic rings. The number of amides is 1. The van der Waals surface area contributed by atoms with Crippen LogP contribution in [0, 0.1) is 13.8 Å². The fraction of sp³-hybridized carbons (Fsp3) is 0.107. The quantitative estimate of drug-likeness (QED) is 0.133. The van der Waals surface area contributed by atoms with Crippen LogP contribution in [-0.2, 0) is 4.79 Å². The van der Waals surface area contributed by atoms with Crippen LogP contribution in [0.2, 0.25) is 10.0 Å². The van der Waals surface area contributed by atoms with Crippen molar-refractivity contribution in [1.82, 2.24) is 30.0 Å². The second-order valence-corrected chi connectivity index (χ2v) is 10.4. The molecule has 196 valence electrons. The molecule has 0 saturated carbocycles. The minimum Gasteiger partial charge on any atom is -0.272 e. The Bertz CT molecular complexity index is 1630. The average molecular weight is 577 g/mol. The van der Waals surface area contributed by atoms with Crippen LogP contribution < -0.4 is 5.43 Å². The molecule has 0 aliphatic heterocycles. The molecule has 11 heteroatoms. The second kappa shape index (κ2) is 11.9. The molecule has 2 aromatic heterocycles. The third-order valence-corrected chi connectivity index (χ3v) is 7.32. The highest BCUT2D eigenvalue weighted by atomic mass is 35.5. The summed E-state index contributed by atoms with van der Waals surface area (Å²) in [5.74, 6) is 0.433. The van der Waals surface area contributed by atoms with Gasteiger partial charge in [-0.25, -0.2) is 10.1 Å². The molecule has 0 bridgehead atoms. The van der Waals surface area contributed by atoms with E-state index in [1.54, 1.807) is 30.5 Å². The van der Waals surface area contributed by atoms with Gasteiger partial charge in [-0.1, -0.05) is 53.2 Å². The molecular weight excluding hydrogens is 553 g/mol. The molecular formula is C28H23Cl2N7OS. The monoisotopic (exact) mass is 575 g/mol. The number of benzene rings is 3. The van der Waals surface area contributed by atoms with E-state index in [1.165, 1.54) is 11.8 Å². The van der Waals surface area contributed by atoms with Crippen LogP contribution in [0.5, 0.6) is 0 Å². The van der Waals surface area contributed by atoms with Crippen LogP contribution >= 0.6 is 35.0 Å². The summed E-state index contributed by atoms with van der Waals surface area (Å²) in [4.78, 5) is 12.7. The number of thioether (sulfide) groups is 1. The number of halogens is 2. The van der Waals surface area contributed by atoms with E-state index >= 15 is 0 Å². The summed E-state index contributed by atoms with van der Waals surface area (Å²) < 4.78 is 3.74. The lowest BCUT2D eigenvalue weighted by molar-refractivity contribution is -0.118. The summed E-state index contributed by atoms with van der Waals surface area (Å²) in [5, 5.41) is 19.3. The molecule has 0 spiro atoms. The first kappa shape index (κ1) is 26.7. The number of aryl methyl sites for hydroxylation is 1. The van der Waals surface area contributed by atoms with Gasteiger partial charge in [0.05, 0.1) is 29.0 Å². The predicted octanol–water partition coefficient (Wildman–Crippen LogP) is 6.29. The zero-order valence-electron chi connectivity index (χ0n) is 21.0. The molecule has 0 unspecified atom stereocenters. The average Bonchev–Trinajstić information content (AvgIpc) is 3.49. The standard InChI is InChI=1S/C28H23Cl2N7OS/c1-18-25(19(2)37(35-18)24-6-4-3-5-7-24)16-31-32-26(38)17-39-28-34-33-27(20-8-10-21(29)11-9-20)36(28)23-14-12-22(30)13-15-23/h3-16H,17H2,1-2H3,(H,32,38)/b31-16+. The molecule has 1 N–H and O–H groups in total. The first-order chi connectivity index (χ1) is 18.9. The molecule has 0 saturated heterocycles. The summed E-state index contributed by atoms with van der Waals surface area (Å²) >= 11 is 13.4. The van der Waals surface area contributed by atoms with Gasteiger partial charge in [-0.05, 0) is 74.5 Å². The fourth-order valence-electron chi connectivity index (χ4n) is 3.97. The van der Waals surface area contributed by atoms with E-state index in [0.717, 1.165) is 33.9 Å². The lowest BCUT2D eigenvalue weighted by Gasteiger charge is -2.10. The van der Waals surface area contributed by atoms with E-state index in [-0.39, 0.29) is 11.7 Å². The number of nitrogens with one attached hydrogen (secondary N) is 1. The van der Waals surface area contributed by atoms with Crippen molar-refractivity contribution in [3.8, 4) is 22.8 Å². The van der Waals surface area contributed by atoms with Gasteiger partial charge in [0.15, 0.2) is 11.0 Å². The zero-order valence-corrected chi connectivity index (χ0v) is 23.4. The Morgan fingerprint density at radius 3 is 2.28 bits per heavy atom. The van der Waals surface area contributed by atoms with Gasteiger partial charge in [0.2, 0.25) is 0 Å². The Hall–Kier alpha value is -3.92. The van der Waals surface area contributed by atoms with Crippen LogP contribution in [0.3, 0.4) is 0 Å². The number of rotatable bonds is 8. The van der Waals surface area contributed by atoms with Crippen molar-refractivity contribution >= 4 is 47.1 Å². The summed E-state index contributed by atoms with van der Waals surface area (Å²) in [7, 11) is 0. The van der Waals surface area contributed by atoms with E-state index in [9.17, 15) is 4.79 Å². The lowest BCUT2D eigenvalue weighted by Crippen LogP contribution is -2.20. The van der Waals surface area contributed by atoms with Crippen molar-refractivity contribution < 1.29 is 4.79 Å². The summed E-state index contributed by atoms with van der Waals surface area (Å²) in [6, 6.07) is 24.5. The molecule has 8 nitrogen and oxygen atoms in total. The molecule has 3 aromatic carbocycles. The predicted molar refractivity (Wildman–Crippen MR) is 156 cm³/mol. The smallest absolute Gasteiger partial charge is 0.250 e. The number of aromatic nitrogens is 5. The molecule has 0 aliphatic rings. The lowest BCUT2D eigenvalue weighted by atomic mass is 10.2. The number of hydrogen-bond acceptors (Lipinski definition) is 6. The van der Waals surface area contributed by atoms with E-state index in [0.29, 0.717) is 21.0 Å². The molecule has 0 aliphatic carbocycles. The Morgan fingerprint density at radius 2 is 1.59 bits per heavy atom. The maximum atomic E-state index is 12.7. The van der Waals surface area contributed by atoms with E-state index in [1.807, 2.05) is 77.7 Å². The van der Waals surface area contributed by atoms with Gasteiger partial charge in [0, 0.05) is 26.9 Å². The third kappa shape index (κ3) is 6.06. The molecule has 0 radical (unpaired) electrons. The zero-order chi connectivity index (χ0) is 27.4. The fourth-order valence-corrected chi connectivity index (χ4v) is 4.96. The number of para-hydroxylation sites is 1. The van der Waals surface area contributed by atoms with Gasteiger partial charge < -0.3 is 0 Å². The largest absolute Gasteiger partial charge is 0.272 e. The number of carbonyl (C=O) groups excluding carboxylic acids is 1. The van der Waals surface area contributed by atoms with Gasteiger partial charge in [0.25, 0.3) is 5.91 Å². The van der Waals surface area contributed by atoms with Crippen LogP contribution in [0.4, 0.5) is 0 Å². The number of carbonyl (C=O) groups is 1. The topological polar surface area (TPSA) is 90.0 Å². The molecule has 0 atom stereocenters. The first-order valence-electron chi connectivity index (χ1n) is 11.9. The van der Waals surface area contributed by atoms with Gasteiger partial charge >= 0.3 is 0 Å². The molecule has 1 amide bonds. The number of hydrazone groups is 1. The van der Waals surface area contributed by atoms with E-state index in [4.69, 9.17) is 23.2 Å². The number of hydrogen-bond donors (Lipinski definition) is 1. The van der Waals surface area contributed by atoms with Crippen molar-refractivity contribution in [1.29, 1.82) is 0 Å². The Balaban J connectivity index is 1.30. The van der Waals surface area contributed by atoms with Crippen molar-refractivity contribution in [3.63, 3.8) is 0 Å².